The number of rotatable bonds is 6. The predicted molar refractivity (Wildman–Crippen MR) is 76.2 cm³/mol. The van der Waals surface area contributed by atoms with E-state index in [0.29, 0.717) is 24.8 Å². The molecule has 0 aliphatic heterocycles. The molecule has 0 aliphatic rings. The van der Waals surface area contributed by atoms with E-state index in [1.54, 1.807) is 4.68 Å². The maximum atomic E-state index is 5.48. The van der Waals surface area contributed by atoms with Gasteiger partial charge in [-0.1, -0.05) is 40.7 Å². The van der Waals surface area contributed by atoms with Gasteiger partial charge in [-0.3, -0.25) is 0 Å². The largest absolute Gasteiger partial charge is 0.337 e. The Balaban J connectivity index is 1.68. The van der Waals surface area contributed by atoms with Crippen LogP contribution in [0.4, 0.5) is 0 Å². The Morgan fingerprint density at radius 2 is 2.05 bits per heavy atom. The second-order valence-corrected chi connectivity index (χ2v) is 4.68. The van der Waals surface area contributed by atoms with Gasteiger partial charge in [-0.15, -0.1) is 5.10 Å². The summed E-state index contributed by atoms with van der Waals surface area (Å²) in [6, 6.07) is 9.70. The molecular formula is C14H16N6O. The second-order valence-electron chi connectivity index (χ2n) is 4.68. The minimum atomic E-state index is 0.412. The third-order valence-corrected chi connectivity index (χ3v) is 3.02. The molecule has 2 N–H and O–H groups in total. The molecule has 0 saturated carbocycles. The SMILES string of the molecule is NCCCc1cn(Cc2nc(-c3ccccc3)no2)nn1. The van der Waals surface area contributed by atoms with Gasteiger partial charge in [-0.05, 0) is 19.4 Å². The Bertz CT molecular complexity index is 690. The fourth-order valence-corrected chi connectivity index (χ4v) is 1.98. The van der Waals surface area contributed by atoms with Crippen molar-refractivity contribution in [2.24, 2.45) is 5.73 Å². The van der Waals surface area contributed by atoms with Gasteiger partial charge in [-0.2, -0.15) is 4.98 Å². The Labute approximate surface area is 121 Å². The van der Waals surface area contributed by atoms with Gasteiger partial charge in [0.2, 0.25) is 11.7 Å². The van der Waals surface area contributed by atoms with Gasteiger partial charge in [0.1, 0.15) is 6.54 Å². The lowest BCUT2D eigenvalue weighted by molar-refractivity contribution is 0.364. The van der Waals surface area contributed by atoms with Crippen molar-refractivity contribution in [3.05, 3.63) is 48.1 Å². The van der Waals surface area contributed by atoms with Crippen LogP contribution in [0.3, 0.4) is 0 Å². The predicted octanol–water partition coefficient (Wildman–Crippen LogP) is 1.27. The summed E-state index contributed by atoms with van der Waals surface area (Å²) in [7, 11) is 0. The van der Waals surface area contributed by atoms with Crippen molar-refractivity contribution >= 4 is 0 Å². The topological polar surface area (TPSA) is 95.7 Å². The molecule has 7 heteroatoms. The molecule has 108 valence electrons. The highest BCUT2D eigenvalue weighted by molar-refractivity contribution is 5.53. The van der Waals surface area contributed by atoms with E-state index >= 15 is 0 Å². The van der Waals surface area contributed by atoms with E-state index in [4.69, 9.17) is 10.3 Å². The van der Waals surface area contributed by atoms with E-state index in [1.807, 2.05) is 36.5 Å². The molecule has 3 rings (SSSR count). The number of aryl methyl sites for hydroxylation is 1. The van der Waals surface area contributed by atoms with Crippen molar-refractivity contribution in [3.8, 4) is 11.4 Å². The molecule has 0 bridgehead atoms. The van der Waals surface area contributed by atoms with Crippen molar-refractivity contribution in [2.75, 3.05) is 6.54 Å². The van der Waals surface area contributed by atoms with E-state index in [0.717, 1.165) is 24.1 Å². The van der Waals surface area contributed by atoms with Crippen molar-refractivity contribution in [2.45, 2.75) is 19.4 Å². The lowest BCUT2D eigenvalue weighted by atomic mass is 10.2. The highest BCUT2D eigenvalue weighted by Crippen LogP contribution is 2.15. The molecule has 0 radical (unpaired) electrons. The Morgan fingerprint density at radius 1 is 1.19 bits per heavy atom. The van der Waals surface area contributed by atoms with Gasteiger partial charge in [0.05, 0.1) is 5.69 Å². The number of aromatic nitrogens is 5. The first kappa shape index (κ1) is 13.4. The third-order valence-electron chi connectivity index (χ3n) is 3.02. The zero-order valence-corrected chi connectivity index (χ0v) is 11.5. The van der Waals surface area contributed by atoms with Crippen LogP contribution >= 0.6 is 0 Å². The highest BCUT2D eigenvalue weighted by Gasteiger charge is 2.10. The maximum Gasteiger partial charge on any atom is 0.248 e. The lowest BCUT2D eigenvalue weighted by Crippen LogP contribution is -2.01. The van der Waals surface area contributed by atoms with Gasteiger partial charge in [0.15, 0.2) is 0 Å². The molecule has 7 nitrogen and oxygen atoms in total. The zero-order chi connectivity index (χ0) is 14.5. The zero-order valence-electron chi connectivity index (χ0n) is 11.5. The molecule has 1 aromatic carbocycles. The molecule has 0 spiro atoms. The molecule has 0 fully saturated rings. The second kappa shape index (κ2) is 6.27. The summed E-state index contributed by atoms with van der Waals surface area (Å²) in [5, 5.41) is 12.1. The summed E-state index contributed by atoms with van der Waals surface area (Å²) in [4.78, 5) is 4.36. The Hall–Kier alpha value is -2.54. The first-order chi connectivity index (χ1) is 10.3. The molecule has 0 saturated heterocycles. The summed E-state index contributed by atoms with van der Waals surface area (Å²) in [6.45, 7) is 1.06. The van der Waals surface area contributed by atoms with Crippen molar-refractivity contribution in [3.63, 3.8) is 0 Å². The molecule has 2 heterocycles. The van der Waals surface area contributed by atoms with Crippen molar-refractivity contribution < 1.29 is 4.52 Å². The van der Waals surface area contributed by atoms with Gasteiger partial charge < -0.3 is 10.3 Å². The fraction of sp³-hybridized carbons (Fsp3) is 0.286. The fourth-order valence-electron chi connectivity index (χ4n) is 1.98. The number of hydrogen-bond acceptors (Lipinski definition) is 6. The lowest BCUT2D eigenvalue weighted by Gasteiger charge is -1.93. The molecule has 0 unspecified atom stereocenters. The van der Waals surface area contributed by atoms with Crippen LogP contribution in [0.5, 0.6) is 0 Å². The van der Waals surface area contributed by atoms with Crippen molar-refractivity contribution in [1.82, 2.24) is 25.1 Å². The standard InChI is InChI=1S/C14H16N6O/c15-8-4-7-12-9-20(19-17-12)10-13-16-14(18-21-13)11-5-2-1-3-6-11/h1-3,5-6,9H,4,7-8,10,15H2. The van der Waals surface area contributed by atoms with Gasteiger partial charge >= 0.3 is 0 Å². The Morgan fingerprint density at radius 3 is 2.86 bits per heavy atom. The van der Waals surface area contributed by atoms with E-state index in [-0.39, 0.29) is 0 Å². The van der Waals surface area contributed by atoms with E-state index < -0.39 is 0 Å². The summed E-state index contributed by atoms with van der Waals surface area (Å²) >= 11 is 0. The number of benzene rings is 1. The van der Waals surface area contributed by atoms with E-state index in [9.17, 15) is 0 Å². The van der Waals surface area contributed by atoms with Crippen LogP contribution in [0.25, 0.3) is 11.4 Å². The maximum absolute atomic E-state index is 5.48. The normalized spacial score (nSPS) is 10.9. The quantitative estimate of drug-likeness (QED) is 0.732. The van der Waals surface area contributed by atoms with Gasteiger partial charge in [0, 0.05) is 11.8 Å². The van der Waals surface area contributed by atoms with Gasteiger partial charge in [0.25, 0.3) is 0 Å². The van der Waals surface area contributed by atoms with Crippen LogP contribution < -0.4 is 5.73 Å². The Kier molecular flexibility index (Phi) is 4.02. The number of hydrogen-bond donors (Lipinski definition) is 1. The summed E-state index contributed by atoms with van der Waals surface area (Å²) in [6.07, 6.45) is 3.61. The first-order valence-corrected chi connectivity index (χ1v) is 6.82. The smallest absolute Gasteiger partial charge is 0.248 e. The summed E-state index contributed by atoms with van der Waals surface area (Å²) in [5.74, 6) is 1.08. The first-order valence-electron chi connectivity index (χ1n) is 6.82. The average molecular weight is 284 g/mol. The van der Waals surface area contributed by atoms with Crippen LogP contribution in [-0.4, -0.2) is 31.7 Å². The summed E-state index contributed by atoms with van der Waals surface area (Å²) < 4.78 is 6.93. The molecule has 2 aromatic heterocycles. The minimum absolute atomic E-state index is 0.412. The highest BCUT2D eigenvalue weighted by atomic mass is 16.5. The van der Waals surface area contributed by atoms with E-state index in [1.165, 1.54) is 0 Å². The van der Waals surface area contributed by atoms with Crippen LogP contribution in [0.15, 0.2) is 41.1 Å². The number of nitrogens with zero attached hydrogens (tertiary/aromatic N) is 5. The molecular weight excluding hydrogens is 268 g/mol. The van der Waals surface area contributed by atoms with Crippen LogP contribution in [-0.2, 0) is 13.0 Å². The summed E-state index contributed by atoms with van der Waals surface area (Å²) in [5.41, 5.74) is 7.32. The van der Waals surface area contributed by atoms with Crippen molar-refractivity contribution in [1.29, 1.82) is 0 Å². The molecule has 0 atom stereocenters. The molecule has 21 heavy (non-hydrogen) atoms. The van der Waals surface area contributed by atoms with Crippen LogP contribution in [0, 0.1) is 0 Å². The number of nitrogens with two attached hydrogens (primary N) is 1. The molecule has 0 aliphatic carbocycles. The molecule has 0 amide bonds. The van der Waals surface area contributed by atoms with E-state index in [2.05, 4.69) is 20.5 Å². The van der Waals surface area contributed by atoms with Crippen LogP contribution in [0.2, 0.25) is 0 Å². The average Bonchev–Trinajstić information content (AvgIpc) is 3.16. The minimum Gasteiger partial charge on any atom is -0.337 e. The molecule has 3 aromatic rings. The van der Waals surface area contributed by atoms with Gasteiger partial charge in [-0.25, -0.2) is 4.68 Å². The van der Waals surface area contributed by atoms with Crippen LogP contribution in [0.1, 0.15) is 18.0 Å². The monoisotopic (exact) mass is 284 g/mol. The third kappa shape index (κ3) is 3.32.